The monoisotopic (exact) mass is 521 g/mol. The number of nitrogens with zero attached hydrogens (tertiary/aromatic N) is 3. The van der Waals surface area contributed by atoms with Gasteiger partial charge in [-0.25, -0.2) is 0 Å². The molecule has 2 N–H and O–H groups in total. The van der Waals surface area contributed by atoms with Gasteiger partial charge in [-0.1, -0.05) is 54.7 Å². The van der Waals surface area contributed by atoms with Crippen molar-refractivity contribution < 1.29 is 14.3 Å². The molecule has 0 bridgehead atoms. The zero-order valence-electron chi connectivity index (χ0n) is 21.5. The second-order valence-electron chi connectivity index (χ2n) is 9.59. The highest BCUT2D eigenvalue weighted by atomic mass is 32.1. The first kappa shape index (κ1) is 26.8. The van der Waals surface area contributed by atoms with Gasteiger partial charge < -0.3 is 15.4 Å². The summed E-state index contributed by atoms with van der Waals surface area (Å²) in [5, 5.41) is 10.3. The molecule has 1 aromatic heterocycles. The van der Waals surface area contributed by atoms with Crippen LogP contribution in [0.15, 0.2) is 48.5 Å². The quantitative estimate of drug-likeness (QED) is 0.503. The average Bonchev–Trinajstić information content (AvgIpc) is 3.37. The minimum atomic E-state index is -0.183. The number of amides is 2. The Morgan fingerprint density at radius 2 is 1.95 bits per heavy atom. The predicted octanol–water partition coefficient (Wildman–Crippen LogP) is 4.27. The average molecular weight is 522 g/mol. The van der Waals surface area contributed by atoms with Crippen LogP contribution in [0, 0.1) is 0 Å². The maximum absolute atomic E-state index is 13.5. The Labute approximate surface area is 222 Å². The van der Waals surface area contributed by atoms with E-state index in [0.29, 0.717) is 44.1 Å². The van der Waals surface area contributed by atoms with Gasteiger partial charge in [0, 0.05) is 30.8 Å². The molecule has 8 nitrogen and oxygen atoms in total. The van der Waals surface area contributed by atoms with E-state index in [1.807, 2.05) is 48.5 Å². The molecule has 1 aliphatic heterocycles. The molecule has 0 radical (unpaired) electrons. The first-order chi connectivity index (χ1) is 18.0. The summed E-state index contributed by atoms with van der Waals surface area (Å²) in [6, 6.07) is 15.6. The second kappa shape index (κ2) is 13.3. The summed E-state index contributed by atoms with van der Waals surface area (Å²) < 4.78 is 10.3. The van der Waals surface area contributed by atoms with Gasteiger partial charge in [0.15, 0.2) is 0 Å². The fourth-order valence-corrected chi connectivity index (χ4v) is 5.15. The Kier molecular flexibility index (Phi) is 9.62. The fourth-order valence-electron chi connectivity index (χ4n) is 4.41. The van der Waals surface area contributed by atoms with Crippen LogP contribution in [0.5, 0.6) is 5.75 Å². The van der Waals surface area contributed by atoms with Crippen molar-refractivity contribution in [1.29, 1.82) is 0 Å². The van der Waals surface area contributed by atoms with Crippen molar-refractivity contribution in [3.8, 4) is 5.75 Å². The van der Waals surface area contributed by atoms with Crippen molar-refractivity contribution in [2.45, 2.75) is 58.7 Å². The van der Waals surface area contributed by atoms with E-state index in [4.69, 9.17) is 4.74 Å². The van der Waals surface area contributed by atoms with Crippen LogP contribution in [-0.4, -0.2) is 46.0 Å². The highest BCUT2D eigenvalue weighted by Crippen LogP contribution is 2.26. The van der Waals surface area contributed by atoms with Gasteiger partial charge in [-0.05, 0) is 54.4 Å². The number of hydrogen-bond acceptors (Lipinski definition) is 7. The number of rotatable bonds is 6. The van der Waals surface area contributed by atoms with Crippen LogP contribution >= 0.6 is 11.5 Å². The molecule has 2 heterocycles. The molecule has 2 aromatic carbocycles. The van der Waals surface area contributed by atoms with E-state index in [0.717, 1.165) is 41.0 Å². The van der Waals surface area contributed by atoms with Crippen molar-refractivity contribution >= 4 is 23.3 Å². The Bertz CT molecular complexity index is 1180. The van der Waals surface area contributed by atoms with Crippen LogP contribution in [0.1, 0.15) is 71.1 Å². The van der Waals surface area contributed by atoms with Crippen molar-refractivity contribution in [2.75, 3.05) is 19.7 Å². The molecule has 4 rings (SSSR count). The highest BCUT2D eigenvalue weighted by molar-refractivity contribution is 7.05. The van der Waals surface area contributed by atoms with Gasteiger partial charge in [0.1, 0.15) is 5.75 Å². The number of carbonyl (C=O) groups is 2. The summed E-state index contributed by atoms with van der Waals surface area (Å²) in [5.41, 5.74) is 3.35. The molecule has 0 unspecified atom stereocenters. The minimum absolute atomic E-state index is 0.0153. The maximum Gasteiger partial charge on any atom is 0.252 e. The number of ether oxygens (including phenoxy) is 1. The van der Waals surface area contributed by atoms with Crippen LogP contribution in [0.4, 0.5) is 0 Å². The van der Waals surface area contributed by atoms with Gasteiger partial charge in [-0.15, -0.1) is 5.10 Å². The lowest BCUT2D eigenvalue weighted by Gasteiger charge is -2.24. The first-order valence-corrected chi connectivity index (χ1v) is 13.7. The maximum atomic E-state index is 13.5. The van der Waals surface area contributed by atoms with E-state index in [2.05, 4.69) is 39.0 Å². The number of carbonyl (C=O) groups excluding carboxylic acids is 2. The third-order valence-corrected chi connectivity index (χ3v) is 7.06. The molecule has 9 heteroatoms. The molecule has 0 spiro atoms. The van der Waals surface area contributed by atoms with Gasteiger partial charge >= 0.3 is 0 Å². The SMILES string of the molecule is CC(C)c1nnsc1CNC(=O)c1cccc2c1CN(Cc1ccccc1)CC(=O)NCCCCCO2. The van der Waals surface area contributed by atoms with Crippen LogP contribution < -0.4 is 15.4 Å². The van der Waals surface area contributed by atoms with Crippen molar-refractivity contribution in [3.05, 3.63) is 75.8 Å². The van der Waals surface area contributed by atoms with E-state index in [9.17, 15) is 9.59 Å². The van der Waals surface area contributed by atoms with Gasteiger partial charge in [0.05, 0.1) is 30.3 Å². The van der Waals surface area contributed by atoms with Gasteiger partial charge in [0.25, 0.3) is 5.91 Å². The molecule has 37 heavy (non-hydrogen) atoms. The number of hydrogen-bond donors (Lipinski definition) is 2. The molecule has 3 aromatic rings. The zero-order valence-corrected chi connectivity index (χ0v) is 22.4. The normalized spacial score (nSPS) is 15.5. The molecule has 0 fully saturated rings. The third kappa shape index (κ3) is 7.60. The molecule has 0 atom stereocenters. The van der Waals surface area contributed by atoms with E-state index in [-0.39, 0.29) is 24.3 Å². The second-order valence-corrected chi connectivity index (χ2v) is 10.4. The molecular weight excluding hydrogens is 486 g/mol. The van der Waals surface area contributed by atoms with Crippen LogP contribution in [-0.2, 0) is 24.4 Å². The van der Waals surface area contributed by atoms with Crippen molar-refractivity contribution in [1.82, 2.24) is 25.1 Å². The third-order valence-electron chi connectivity index (χ3n) is 6.32. The topological polar surface area (TPSA) is 96.5 Å². The van der Waals surface area contributed by atoms with Crippen molar-refractivity contribution in [2.24, 2.45) is 0 Å². The smallest absolute Gasteiger partial charge is 0.252 e. The largest absolute Gasteiger partial charge is 0.493 e. The van der Waals surface area contributed by atoms with E-state index >= 15 is 0 Å². The van der Waals surface area contributed by atoms with E-state index < -0.39 is 0 Å². The summed E-state index contributed by atoms with van der Waals surface area (Å²) in [4.78, 5) is 29.2. The van der Waals surface area contributed by atoms with Crippen LogP contribution in [0.2, 0.25) is 0 Å². The molecule has 1 aliphatic rings. The van der Waals surface area contributed by atoms with Crippen molar-refractivity contribution in [3.63, 3.8) is 0 Å². The number of fused-ring (bicyclic) bond motifs is 1. The van der Waals surface area contributed by atoms with Gasteiger partial charge in [-0.3, -0.25) is 14.5 Å². The fraction of sp³-hybridized carbons (Fsp3) is 0.429. The van der Waals surface area contributed by atoms with E-state index in [1.165, 1.54) is 11.5 Å². The summed E-state index contributed by atoms with van der Waals surface area (Å²) in [6.45, 7) is 6.93. The summed E-state index contributed by atoms with van der Waals surface area (Å²) >= 11 is 1.31. The molecule has 0 saturated heterocycles. The zero-order chi connectivity index (χ0) is 26.0. The number of nitrogens with one attached hydrogen (secondary N) is 2. The molecule has 2 amide bonds. The summed E-state index contributed by atoms with van der Waals surface area (Å²) in [7, 11) is 0. The number of aromatic nitrogens is 2. The molecule has 196 valence electrons. The summed E-state index contributed by atoms with van der Waals surface area (Å²) in [5.74, 6) is 0.724. The van der Waals surface area contributed by atoms with Crippen LogP contribution in [0.3, 0.4) is 0 Å². The van der Waals surface area contributed by atoms with Crippen LogP contribution in [0.25, 0.3) is 0 Å². The molecule has 0 saturated carbocycles. The molecular formula is C28H35N5O3S. The lowest BCUT2D eigenvalue weighted by atomic mass is 10.0. The van der Waals surface area contributed by atoms with Gasteiger partial charge in [-0.2, -0.15) is 0 Å². The minimum Gasteiger partial charge on any atom is -0.493 e. The predicted molar refractivity (Wildman–Crippen MR) is 145 cm³/mol. The van der Waals surface area contributed by atoms with Gasteiger partial charge in [0.2, 0.25) is 5.91 Å². The summed E-state index contributed by atoms with van der Waals surface area (Å²) in [6.07, 6.45) is 2.76. The number of benzene rings is 2. The highest BCUT2D eigenvalue weighted by Gasteiger charge is 2.22. The van der Waals surface area contributed by atoms with E-state index in [1.54, 1.807) is 0 Å². The first-order valence-electron chi connectivity index (χ1n) is 12.9. The Hall–Kier alpha value is -3.30. The Morgan fingerprint density at radius 3 is 2.76 bits per heavy atom. The standard InChI is InChI=1S/C28H35N5O3S/c1-20(2)27-25(37-32-31-27)16-30-28(35)22-12-9-13-24-23(22)18-33(17-21-10-5-3-6-11-21)19-26(34)29-14-7-4-8-15-36-24/h3,5-6,9-13,20H,4,7-8,14-19H2,1-2H3,(H,29,34)(H,30,35). The lowest BCUT2D eigenvalue weighted by Crippen LogP contribution is -2.37. The Balaban J connectivity index is 1.61. The Morgan fingerprint density at radius 1 is 1.11 bits per heavy atom. The lowest BCUT2D eigenvalue weighted by molar-refractivity contribution is -0.122. The molecule has 0 aliphatic carbocycles.